The lowest BCUT2D eigenvalue weighted by molar-refractivity contribution is -0.136. The van der Waals surface area contributed by atoms with Gasteiger partial charge in [-0.3, -0.25) is 4.79 Å². The third-order valence-corrected chi connectivity index (χ3v) is 3.88. The SMILES string of the molecule is CC1CN(C(=O)C2CCCCN2)CCN1C. The van der Waals surface area contributed by atoms with Gasteiger partial charge in [0.1, 0.15) is 0 Å². The van der Waals surface area contributed by atoms with E-state index in [1.807, 2.05) is 4.90 Å². The standard InChI is InChI=1S/C12H23N3O/c1-10-9-15(8-7-14(10)2)12(16)11-5-3-4-6-13-11/h10-11,13H,3-9H2,1-2H3. The monoisotopic (exact) mass is 225 g/mol. The Balaban J connectivity index is 1.89. The van der Waals surface area contributed by atoms with Gasteiger partial charge in [-0.25, -0.2) is 0 Å². The molecule has 1 amide bonds. The minimum atomic E-state index is 0.0874. The average Bonchev–Trinajstić information content (AvgIpc) is 2.33. The van der Waals surface area contributed by atoms with Crippen LogP contribution in [0.2, 0.25) is 0 Å². The van der Waals surface area contributed by atoms with Crippen molar-refractivity contribution in [2.24, 2.45) is 0 Å². The number of piperazine rings is 1. The van der Waals surface area contributed by atoms with Gasteiger partial charge in [0.15, 0.2) is 0 Å². The summed E-state index contributed by atoms with van der Waals surface area (Å²) < 4.78 is 0. The second-order valence-electron chi connectivity index (χ2n) is 5.12. The minimum absolute atomic E-state index is 0.0874. The van der Waals surface area contributed by atoms with E-state index in [2.05, 4.69) is 24.2 Å². The summed E-state index contributed by atoms with van der Waals surface area (Å²) in [7, 11) is 2.13. The van der Waals surface area contributed by atoms with Gasteiger partial charge in [-0.2, -0.15) is 0 Å². The summed E-state index contributed by atoms with van der Waals surface area (Å²) in [6, 6.07) is 0.575. The Bertz CT molecular complexity index is 251. The molecule has 2 saturated heterocycles. The van der Waals surface area contributed by atoms with Crippen molar-refractivity contribution in [3.63, 3.8) is 0 Å². The minimum Gasteiger partial charge on any atom is -0.339 e. The number of carbonyl (C=O) groups is 1. The maximum absolute atomic E-state index is 12.3. The van der Waals surface area contributed by atoms with E-state index in [1.54, 1.807) is 0 Å². The van der Waals surface area contributed by atoms with Gasteiger partial charge < -0.3 is 15.1 Å². The Morgan fingerprint density at radius 3 is 2.75 bits per heavy atom. The molecular weight excluding hydrogens is 202 g/mol. The van der Waals surface area contributed by atoms with Crippen molar-refractivity contribution in [1.82, 2.24) is 15.1 Å². The molecule has 2 fully saturated rings. The molecule has 0 spiro atoms. The number of hydrogen-bond donors (Lipinski definition) is 1. The van der Waals surface area contributed by atoms with Crippen molar-refractivity contribution in [2.75, 3.05) is 33.2 Å². The molecule has 1 N–H and O–H groups in total. The number of rotatable bonds is 1. The Labute approximate surface area is 98.0 Å². The predicted octanol–water partition coefficient (Wildman–Crippen LogP) is 0.291. The quantitative estimate of drug-likeness (QED) is 0.697. The molecule has 0 aromatic heterocycles. The van der Waals surface area contributed by atoms with E-state index in [0.29, 0.717) is 11.9 Å². The summed E-state index contributed by atoms with van der Waals surface area (Å²) >= 11 is 0. The molecule has 0 aromatic rings. The number of hydrogen-bond acceptors (Lipinski definition) is 3. The first-order valence-electron chi connectivity index (χ1n) is 6.41. The first-order chi connectivity index (χ1) is 7.68. The second-order valence-corrected chi connectivity index (χ2v) is 5.12. The van der Waals surface area contributed by atoms with Crippen LogP contribution in [0.1, 0.15) is 26.2 Å². The van der Waals surface area contributed by atoms with Gasteiger partial charge in [0.25, 0.3) is 0 Å². The number of likely N-dealkylation sites (N-methyl/N-ethyl adjacent to an activating group) is 1. The fraction of sp³-hybridized carbons (Fsp3) is 0.917. The van der Waals surface area contributed by atoms with Crippen LogP contribution < -0.4 is 5.32 Å². The van der Waals surface area contributed by atoms with Crippen LogP contribution in [0.3, 0.4) is 0 Å². The van der Waals surface area contributed by atoms with E-state index in [0.717, 1.165) is 32.6 Å². The molecule has 2 aliphatic rings. The number of piperidine rings is 1. The van der Waals surface area contributed by atoms with Crippen molar-refractivity contribution < 1.29 is 4.79 Å². The third-order valence-electron chi connectivity index (χ3n) is 3.88. The molecule has 2 aliphatic heterocycles. The van der Waals surface area contributed by atoms with Crippen molar-refractivity contribution in [3.8, 4) is 0 Å². The zero-order chi connectivity index (χ0) is 11.5. The van der Waals surface area contributed by atoms with E-state index in [4.69, 9.17) is 0 Å². The van der Waals surface area contributed by atoms with Crippen molar-refractivity contribution in [3.05, 3.63) is 0 Å². The highest BCUT2D eigenvalue weighted by molar-refractivity contribution is 5.82. The topological polar surface area (TPSA) is 35.6 Å². The summed E-state index contributed by atoms with van der Waals surface area (Å²) in [5.74, 6) is 0.319. The second kappa shape index (κ2) is 5.15. The lowest BCUT2D eigenvalue weighted by Gasteiger charge is -2.39. The fourth-order valence-corrected chi connectivity index (χ4v) is 2.53. The van der Waals surface area contributed by atoms with E-state index < -0.39 is 0 Å². The van der Waals surface area contributed by atoms with Crippen LogP contribution in [0.15, 0.2) is 0 Å². The lowest BCUT2D eigenvalue weighted by Crippen LogP contribution is -2.57. The largest absolute Gasteiger partial charge is 0.339 e. The Morgan fingerprint density at radius 2 is 2.12 bits per heavy atom. The van der Waals surface area contributed by atoms with E-state index in [1.165, 1.54) is 12.8 Å². The van der Waals surface area contributed by atoms with Crippen LogP contribution in [0.5, 0.6) is 0 Å². The smallest absolute Gasteiger partial charge is 0.239 e. The normalized spacial score (nSPS) is 32.8. The molecule has 2 unspecified atom stereocenters. The number of amides is 1. The fourth-order valence-electron chi connectivity index (χ4n) is 2.53. The number of nitrogens with one attached hydrogen (secondary N) is 1. The highest BCUT2D eigenvalue weighted by atomic mass is 16.2. The van der Waals surface area contributed by atoms with Gasteiger partial charge in [-0.05, 0) is 33.4 Å². The van der Waals surface area contributed by atoms with Crippen LogP contribution in [0, 0.1) is 0 Å². The molecule has 92 valence electrons. The summed E-state index contributed by atoms with van der Waals surface area (Å²) in [6.07, 6.45) is 3.41. The summed E-state index contributed by atoms with van der Waals surface area (Å²) in [5.41, 5.74) is 0. The van der Waals surface area contributed by atoms with Crippen molar-refractivity contribution >= 4 is 5.91 Å². The zero-order valence-electron chi connectivity index (χ0n) is 10.4. The summed E-state index contributed by atoms with van der Waals surface area (Å²) in [4.78, 5) is 16.6. The molecule has 4 heteroatoms. The summed E-state index contributed by atoms with van der Waals surface area (Å²) in [6.45, 7) is 5.96. The predicted molar refractivity (Wildman–Crippen MR) is 64.3 cm³/mol. The third kappa shape index (κ3) is 2.55. The van der Waals surface area contributed by atoms with Gasteiger partial charge in [0.2, 0.25) is 5.91 Å². The molecule has 4 nitrogen and oxygen atoms in total. The van der Waals surface area contributed by atoms with Gasteiger partial charge in [0, 0.05) is 25.7 Å². The maximum atomic E-state index is 12.3. The summed E-state index contributed by atoms with van der Waals surface area (Å²) in [5, 5.41) is 3.34. The number of nitrogens with zero attached hydrogens (tertiary/aromatic N) is 2. The Hall–Kier alpha value is -0.610. The van der Waals surface area contributed by atoms with Crippen LogP contribution in [0.25, 0.3) is 0 Å². The van der Waals surface area contributed by atoms with Gasteiger partial charge in [-0.15, -0.1) is 0 Å². The van der Waals surface area contributed by atoms with Crippen LogP contribution in [0.4, 0.5) is 0 Å². The van der Waals surface area contributed by atoms with Gasteiger partial charge >= 0.3 is 0 Å². The van der Waals surface area contributed by atoms with E-state index >= 15 is 0 Å². The molecule has 0 aliphatic carbocycles. The molecule has 0 radical (unpaired) electrons. The molecule has 0 aromatic carbocycles. The highest BCUT2D eigenvalue weighted by Crippen LogP contribution is 2.13. The molecule has 2 rings (SSSR count). The Kier molecular flexibility index (Phi) is 3.82. The number of carbonyl (C=O) groups excluding carboxylic acids is 1. The zero-order valence-corrected chi connectivity index (χ0v) is 10.4. The molecule has 2 atom stereocenters. The molecule has 16 heavy (non-hydrogen) atoms. The van der Waals surface area contributed by atoms with Crippen molar-refractivity contribution in [2.45, 2.75) is 38.3 Å². The first-order valence-corrected chi connectivity index (χ1v) is 6.41. The molecular formula is C12H23N3O. The van der Waals surface area contributed by atoms with Crippen molar-refractivity contribution in [1.29, 1.82) is 0 Å². The van der Waals surface area contributed by atoms with Crippen LogP contribution >= 0.6 is 0 Å². The molecule has 0 saturated carbocycles. The van der Waals surface area contributed by atoms with Gasteiger partial charge in [0.05, 0.1) is 6.04 Å². The van der Waals surface area contributed by atoms with Crippen LogP contribution in [-0.4, -0.2) is 61.0 Å². The Morgan fingerprint density at radius 1 is 1.31 bits per heavy atom. The van der Waals surface area contributed by atoms with E-state index in [9.17, 15) is 4.79 Å². The lowest BCUT2D eigenvalue weighted by atomic mass is 10.0. The maximum Gasteiger partial charge on any atom is 0.239 e. The molecule has 2 heterocycles. The average molecular weight is 225 g/mol. The van der Waals surface area contributed by atoms with Crippen LogP contribution in [-0.2, 0) is 4.79 Å². The highest BCUT2D eigenvalue weighted by Gasteiger charge is 2.29. The molecule has 0 bridgehead atoms. The first kappa shape index (κ1) is 11.9. The van der Waals surface area contributed by atoms with Gasteiger partial charge in [-0.1, -0.05) is 6.42 Å². The van der Waals surface area contributed by atoms with E-state index in [-0.39, 0.29) is 6.04 Å².